The lowest BCUT2D eigenvalue weighted by Gasteiger charge is -2.25. The minimum atomic E-state index is -3.07. The highest BCUT2D eigenvalue weighted by Gasteiger charge is 2.38. The molecule has 2 nitrogen and oxygen atoms in total. The van der Waals surface area contributed by atoms with Crippen LogP contribution in [0.2, 0.25) is 0 Å². The molecule has 0 aliphatic heterocycles. The Morgan fingerprint density at radius 2 is 1.24 bits per heavy atom. The van der Waals surface area contributed by atoms with Crippen molar-refractivity contribution in [3.8, 4) is 0 Å². The molecule has 1 heterocycles. The van der Waals surface area contributed by atoms with Gasteiger partial charge in [-0.3, -0.25) is 0 Å². The summed E-state index contributed by atoms with van der Waals surface area (Å²) in [6, 6.07) is 28.0. The zero-order valence-electron chi connectivity index (χ0n) is 16.5. The van der Waals surface area contributed by atoms with Crippen LogP contribution in [0.25, 0.3) is 11.0 Å². The molecular formula is C26H25O2P. The van der Waals surface area contributed by atoms with Gasteiger partial charge in [0, 0.05) is 21.9 Å². The minimum absolute atomic E-state index is 0.340. The van der Waals surface area contributed by atoms with Crippen LogP contribution in [0.1, 0.15) is 43.8 Å². The van der Waals surface area contributed by atoms with Crippen molar-refractivity contribution < 1.29 is 8.98 Å². The number of benzene rings is 3. The van der Waals surface area contributed by atoms with Crippen LogP contribution in [-0.2, 0) is 4.57 Å². The number of hydrogen-bond donors (Lipinski definition) is 0. The van der Waals surface area contributed by atoms with Crippen molar-refractivity contribution >= 4 is 34.0 Å². The molecule has 4 aromatic rings. The maximum Gasteiger partial charge on any atom is 0.175 e. The Morgan fingerprint density at radius 3 is 1.86 bits per heavy atom. The molecule has 1 aliphatic rings. The molecule has 0 atom stereocenters. The van der Waals surface area contributed by atoms with Gasteiger partial charge in [-0.1, -0.05) is 98.1 Å². The predicted molar refractivity (Wildman–Crippen MR) is 121 cm³/mol. The molecule has 0 radical (unpaired) electrons. The second kappa shape index (κ2) is 7.69. The van der Waals surface area contributed by atoms with Crippen LogP contribution in [0.4, 0.5) is 0 Å². The van der Waals surface area contributed by atoms with Crippen LogP contribution < -0.4 is 15.9 Å². The molecule has 0 unspecified atom stereocenters. The summed E-state index contributed by atoms with van der Waals surface area (Å²) in [6.45, 7) is 0. The van der Waals surface area contributed by atoms with E-state index in [1.807, 2.05) is 78.9 Å². The third kappa shape index (κ3) is 3.16. The number of hydrogen-bond acceptors (Lipinski definition) is 2. The van der Waals surface area contributed by atoms with E-state index >= 15 is 4.57 Å². The van der Waals surface area contributed by atoms with E-state index in [1.54, 1.807) is 0 Å². The zero-order chi connectivity index (χ0) is 19.7. The fourth-order valence-electron chi connectivity index (χ4n) is 4.70. The van der Waals surface area contributed by atoms with Crippen LogP contribution >= 0.6 is 7.14 Å². The maximum atomic E-state index is 15.1. The molecule has 29 heavy (non-hydrogen) atoms. The van der Waals surface area contributed by atoms with E-state index in [1.165, 1.54) is 19.3 Å². The SMILES string of the molecule is O=P(c1ccccc1)(c1ccccc1)c1c(C2CCCCC2)oc2ccccc12. The molecule has 1 aromatic heterocycles. The molecule has 0 saturated heterocycles. The molecule has 146 valence electrons. The number of furan rings is 1. The van der Waals surface area contributed by atoms with Gasteiger partial charge < -0.3 is 8.98 Å². The highest BCUT2D eigenvalue weighted by molar-refractivity contribution is 7.85. The van der Waals surface area contributed by atoms with Crippen LogP contribution in [0, 0.1) is 0 Å². The largest absolute Gasteiger partial charge is 0.460 e. The summed E-state index contributed by atoms with van der Waals surface area (Å²) in [5.41, 5.74) is 0.843. The predicted octanol–water partition coefficient (Wildman–Crippen LogP) is 6.12. The molecule has 3 aromatic carbocycles. The summed E-state index contributed by atoms with van der Waals surface area (Å²) in [5.74, 6) is 1.29. The molecular weight excluding hydrogens is 375 g/mol. The summed E-state index contributed by atoms with van der Waals surface area (Å²) in [5, 5.41) is 3.64. The zero-order valence-corrected chi connectivity index (χ0v) is 17.4. The highest BCUT2D eigenvalue weighted by atomic mass is 31.2. The molecule has 1 saturated carbocycles. The normalized spacial score (nSPS) is 15.6. The number of para-hydroxylation sites is 1. The highest BCUT2D eigenvalue weighted by Crippen LogP contribution is 2.49. The standard InChI is InChI=1S/C26H25O2P/c27-29(21-14-6-2-7-15-21,22-16-8-3-9-17-22)26-23-18-10-11-19-24(23)28-25(26)20-12-4-1-5-13-20/h2-3,6-11,14-20H,1,4-5,12-13H2. The maximum absolute atomic E-state index is 15.1. The first-order chi connectivity index (χ1) is 14.3. The number of fused-ring (bicyclic) bond motifs is 1. The molecule has 1 fully saturated rings. The van der Waals surface area contributed by atoms with Gasteiger partial charge in [0.05, 0.1) is 5.30 Å². The van der Waals surface area contributed by atoms with Gasteiger partial charge in [0.25, 0.3) is 0 Å². The van der Waals surface area contributed by atoms with Gasteiger partial charge in [0.15, 0.2) is 7.14 Å². The Hall–Kier alpha value is -2.57. The van der Waals surface area contributed by atoms with Gasteiger partial charge in [0.2, 0.25) is 0 Å². The van der Waals surface area contributed by atoms with Crippen LogP contribution in [-0.4, -0.2) is 0 Å². The Kier molecular flexibility index (Phi) is 4.89. The third-order valence-corrected chi connectivity index (χ3v) is 9.27. The van der Waals surface area contributed by atoms with Crippen molar-refractivity contribution in [2.45, 2.75) is 38.0 Å². The van der Waals surface area contributed by atoms with Crippen LogP contribution in [0.5, 0.6) is 0 Å². The Morgan fingerprint density at radius 1 is 0.690 bits per heavy atom. The van der Waals surface area contributed by atoms with Gasteiger partial charge in [-0.2, -0.15) is 0 Å². The second-order valence-corrected chi connectivity index (χ2v) is 10.6. The van der Waals surface area contributed by atoms with E-state index in [9.17, 15) is 0 Å². The molecule has 3 heteroatoms. The fourth-order valence-corrected chi connectivity index (χ4v) is 7.76. The van der Waals surface area contributed by atoms with Crippen LogP contribution in [0.15, 0.2) is 89.3 Å². The van der Waals surface area contributed by atoms with Gasteiger partial charge in [-0.15, -0.1) is 0 Å². The second-order valence-electron chi connectivity index (χ2n) is 7.93. The van der Waals surface area contributed by atoms with E-state index in [4.69, 9.17) is 4.42 Å². The average molecular weight is 400 g/mol. The molecule has 0 spiro atoms. The Balaban J connectivity index is 1.84. The molecule has 0 N–H and O–H groups in total. The van der Waals surface area contributed by atoms with E-state index in [-0.39, 0.29) is 0 Å². The first kappa shape index (κ1) is 18.5. The van der Waals surface area contributed by atoms with E-state index in [2.05, 4.69) is 6.07 Å². The summed E-state index contributed by atoms with van der Waals surface area (Å²) in [6.07, 6.45) is 5.91. The number of rotatable bonds is 4. The molecule has 0 amide bonds. The van der Waals surface area contributed by atoms with Crippen LogP contribution in [0.3, 0.4) is 0 Å². The first-order valence-corrected chi connectivity index (χ1v) is 12.2. The first-order valence-electron chi connectivity index (χ1n) is 10.5. The lowest BCUT2D eigenvalue weighted by Crippen LogP contribution is -2.27. The summed E-state index contributed by atoms with van der Waals surface area (Å²) in [4.78, 5) is 0. The Labute approximate surface area is 171 Å². The minimum Gasteiger partial charge on any atom is -0.460 e. The summed E-state index contributed by atoms with van der Waals surface area (Å²) >= 11 is 0. The van der Waals surface area contributed by atoms with E-state index in [0.29, 0.717) is 5.92 Å². The van der Waals surface area contributed by atoms with E-state index in [0.717, 1.165) is 45.5 Å². The summed E-state index contributed by atoms with van der Waals surface area (Å²) in [7, 11) is -3.07. The van der Waals surface area contributed by atoms with E-state index < -0.39 is 7.14 Å². The van der Waals surface area contributed by atoms with Crippen molar-refractivity contribution in [2.24, 2.45) is 0 Å². The van der Waals surface area contributed by atoms with Crippen molar-refractivity contribution in [1.82, 2.24) is 0 Å². The van der Waals surface area contributed by atoms with Gasteiger partial charge >= 0.3 is 0 Å². The molecule has 5 rings (SSSR count). The monoisotopic (exact) mass is 400 g/mol. The van der Waals surface area contributed by atoms with Crippen molar-refractivity contribution in [3.05, 3.63) is 90.7 Å². The van der Waals surface area contributed by atoms with Crippen molar-refractivity contribution in [3.63, 3.8) is 0 Å². The third-order valence-electron chi connectivity index (χ3n) is 6.13. The smallest absolute Gasteiger partial charge is 0.175 e. The van der Waals surface area contributed by atoms with Gasteiger partial charge in [-0.25, -0.2) is 0 Å². The fraction of sp³-hybridized carbons (Fsp3) is 0.231. The van der Waals surface area contributed by atoms with Crippen molar-refractivity contribution in [1.29, 1.82) is 0 Å². The lowest BCUT2D eigenvalue weighted by molar-refractivity contribution is 0.387. The quantitative estimate of drug-likeness (QED) is 0.386. The Bertz CT molecular complexity index is 1110. The molecule has 1 aliphatic carbocycles. The molecule has 0 bridgehead atoms. The average Bonchev–Trinajstić information content (AvgIpc) is 3.20. The van der Waals surface area contributed by atoms with Gasteiger partial charge in [-0.05, 0) is 18.9 Å². The van der Waals surface area contributed by atoms with Crippen molar-refractivity contribution in [2.75, 3.05) is 0 Å². The summed E-state index contributed by atoms with van der Waals surface area (Å²) < 4.78 is 21.6. The van der Waals surface area contributed by atoms with Gasteiger partial charge in [0.1, 0.15) is 11.3 Å². The topological polar surface area (TPSA) is 30.2 Å². The lowest BCUT2D eigenvalue weighted by atomic mass is 9.87.